The van der Waals surface area contributed by atoms with Gasteiger partial charge in [-0.2, -0.15) is 0 Å². The normalized spacial score (nSPS) is 13.7. The number of hydrogen-bond acceptors (Lipinski definition) is 1. The molecule has 0 aromatic heterocycles. The molecule has 0 rings (SSSR count). The second kappa shape index (κ2) is 10.0. The van der Waals surface area contributed by atoms with Crippen molar-refractivity contribution in [2.75, 3.05) is 0 Å². The predicted octanol–water partition coefficient (Wildman–Crippen LogP) is 6.35. The molecule has 0 N–H and O–H groups in total. The molecule has 0 aromatic carbocycles. The zero-order valence-corrected chi connectivity index (χ0v) is 14.4. The minimum absolute atomic E-state index is 0.474. The van der Waals surface area contributed by atoms with Crippen LogP contribution >= 0.6 is 0 Å². The van der Waals surface area contributed by atoms with Gasteiger partial charge in [-0.05, 0) is 50.0 Å². The third-order valence-electron chi connectivity index (χ3n) is 2.30. The Labute approximate surface area is 131 Å². The van der Waals surface area contributed by atoms with E-state index in [4.69, 9.17) is 4.74 Å². The van der Waals surface area contributed by atoms with E-state index in [9.17, 15) is 0 Å². The Morgan fingerprint density at radius 2 is 1.10 bits per heavy atom. The maximum Gasteiger partial charge on any atom is 0.127 e. The van der Waals surface area contributed by atoms with Gasteiger partial charge in [0.25, 0.3) is 0 Å². The van der Waals surface area contributed by atoms with E-state index < -0.39 is 0 Å². The molecule has 0 aliphatic rings. The SMILES string of the molecule is C=C(C)/C=C(/C=C/C(C)C)OC(/C=C/C(C)C)=C/C(=C)C. The molecule has 0 amide bonds. The molecule has 0 saturated heterocycles. The Balaban J connectivity index is 5.31. The summed E-state index contributed by atoms with van der Waals surface area (Å²) in [6, 6.07) is 0. The van der Waals surface area contributed by atoms with E-state index in [1.54, 1.807) is 0 Å². The van der Waals surface area contributed by atoms with Crippen molar-refractivity contribution in [3.8, 4) is 0 Å². The third-order valence-corrected chi connectivity index (χ3v) is 2.30. The fourth-order valence-corrected chi connectivity index (χ4v) is 1.42. The van der Waals surface area contributed by atoms with Crippen LogP contribution in [-0.2, 0) is 4.74 Å². The van der Waals surface area contributed by atoms with Crippen LogP contribution in [0.1, 0.15) is 41.5 Å². The van der Waals surface area contributed by atoms with Gasteiger partial charge >= 0.3 is 0 Å². The molecule has 0 bridgehead atoms. The van der Waals surface area contributed by atoms with E-state index in [-0.39, 0.29) is 0 Å². The summed E-state index contributed by atoms with van der Waals surface area (Å²) < 4.78 is 6.00. The van der Waals surface area contributed by atoms with Crippen LogP contribution in [0.4, 0.5) is 0 Å². The van der Waals surface area contributed by atoms with Gasteiger partial charge in [0.05, 0.1) is 0 Å². The highest BCUT2D eigenvalue weighted by Crippen LogP contribution is 2.15. The van der Waals surface area contributed by atoms with Crippen molar-refractivity contribution in [1.29, 1.82) is 0 Å². The molecule has 0 heterocycles. The summed E-state index contributed by atoms with van der Waals surface area (Å²) in [4.78, 5) is 0. The molecule has 1 heteroatoms. The summed E-state index contributed by atoms with van der Waals surface area (Å²) in [7, 11) is 0. The molecular formula is C20H30O. The Kier molecular flexibility index (Phi) is 9.20. The van der Waals surface area contributed by atoms with Crippen LogP contribution in [-0.4, -0.2) is 0 Å². The lowest BCUT2D eigenvalue weighted by molar-refractivity contribution is 0.335. The summed E-state index contributed by atoms with van der Waals surface area (Å²) >= 11 is 0. The van der Waals surface area contributed by atoms with Gasteiger partial charge in [0.2, 0.25) is 0 Å². The van der Waals surface area contributed by atoms with Crippen LogP contribution in [0.2, 0.25) is 0 Å². The van der Waals surface area contributed by atoms with E-state index in [2.05, 4.69) is 53.0 Å². The summed E-state index contributed by atoms with van der Waals surface area (Å²) in [5.41, 5.74) is 1.92. The van der Waals surface area contributed by atoms with Gasteiger partial charge in [-0.1, -0.05) is 64.2 Å². The van der Waals surface area contributed by atoms with Crippen LogP contribution in [0.15, 0.2) is 72.3 Å². The summed E-state index contributed by atoms with van der Waals surface area (Å²) in [6.07, 6.45) is 12.1. The molecule has 21 heavy (non-hydrogen) atoms. The van der Waals surface area contributed by atoms with Gasteiger partial charge in [-0.3, -0.25) is 0 Å². The van der Waals surface area contributed by atoms with Crippen molar-refractivity contribution in [3.05, 3.63) is 72.3 Å². The van der Waals surface area contributed by atoms with Crippen molar-refractivity contribution in [2.45, 2.75) is 41.5 Å². The largest absolute Gasteiger partial charge is 0.457 e. The second-order valence-corrected chi connectivity index (χ2v) is 6.09. The van der Waals surface area contributed by atoms with Crippen LogP contribution in [0, 0.1) is 11.8 Å². The predicted molar refractivity (Wildman–Crippen MR) is 94.8 cm³/mol. The van der Waals surface area contributed by atoms with Crippen LogP contribution in [0.3, 0.4) is 0 Å². The minimum atomic E-state index is 0.474. The molecule has 0 fully saturated rings. The molecule has 1 nitrogen and oxygen atoms in total. The average molecular weight is 286 g/mol. The first kappa shape index (κ1) is 19.2. The van der Waals surface area contributed by atoms with E-state index >= 15 is 0 Å². The topological polar surface area (TPSA) is 9.23 Å². The van der Waals surface area contributed by atoms with Crippen LogP contribution in [0.25, 0.3) is 0 Å². The fourth-order valence-electron chi connectivity index (χ4n) is 1.42. The van der Waals surface area contributed by atoms with Crippen LogP contribution < -0.4 is 0 Å². The third kappa shape index (κ3) is 11.7. The van der Waals surface area contributed by atoms with Crippen molar-refractivity contribution < 1.29 is 4.74 Å². The molecule has 0 unspecified atom stereocenters. The summed E-state index contributed by atoms with van der Waals surface area (Å²) in [5, 5.41) is 0. The standard InChI is InChI=1S/C20H30O/c1-15(2)9-11-19(13-17(5)6)21-20(14-18(7)8)12-10-16(3)4/h9-16H,5,7H2,1-4,6,8H3/b11-9+,12-10+,19-13-,20-14+. The van der Waals surface area contributed by atoms with E-state index in [0.29, 0.717) is 11.8 Å². The second-order valence-electron chi connectivity index (χ2n) is 6.09. The van der Waals surface area contributed by atoms with E-state index in [1.165, 1.54) is 0 Å². The highest BCUT2D eigenvalue weighted by molar-refractivity contribution is 5.29. The summed E-state index contributed by atoms with van der Waals surface area (Å²) in [5.74, 6) is 2.53. The monoisotopic (exact) mass is 286 g/mol. The van der Waals surface area contributed by atoms with Crippen molar-refractivity contribution in [2.24, 2.45) is 11.8 Å². The van der Waals surface area contributed by atoms with Gasteiger partial charge in [-0.15, -0.1) is 0 Å². The molecule has 0 aliphatic heterocycles. The lowest BCUT2D eigenvalue weighted by Crippen LogP contribution is -1.92. The quantitative estimate of drug-likeness (QED) is 0.373. The first-order valence-corrected chi connectivity index (χ1v) is 7.49. The maximum atomic E-state index is 6.00. The van der Waals surface area contributed by atoms with Crippen molar-refractivity contribution in [1.82, 2.24) is 0 Å². The number of ether oxygens (including phenoxy) is 1. The Bertz CT molecular complexity index is 424. The molecule has 116 valence electrons. The molecule has 0 saturated carbocycles. The number of rotatable bonds is 8. The van der Waals surface area contributed by atoms with E-state index in [0.717, 1.165) is 22.7 Å². The van der Waals surface area contributed by atoms with Gasteiger partial charge in [0.1, 0.15) is 11.5 Å². The highest BCUT2D eigenvalue weighted by Gasteiger charge is 2.00. The molecule has 0 atom stereocenters. The lowest BCUT2D eigenvalue weighted by Gasteiger charge is -2.09. The Morgan fingerprint density at radius 3 is 1.33 bits per heavy atom. The Hall–Kier alpha value is -1.76. The number of hydrogen-bond donors (Lipinski definition) is 0. The molecule has 0 aliphatic carbocycles. The zero-order chi connectivity index (χ0) is 16.4. The van der Waals surface area contributed by atoms with E-state index in [1.807, 2.05) is 38.2 Å². The number of allylic oxidation sites excluding steroid dienone is 8. The van der Waals surface area contributed by atoms with Gasteiger partial charge in [-0.25, -0.2) is 0 Å². The molecule has 0 spiro atoms. The minimum Gasteiger partial charge on any atom is -0.457 e. The average Bonchev–Trinajstić information content (AvgIpc) is 2.31. The molecule has 0 aromatic rings. The smallest absolute Gasteiger partial charge is 0.127 e. The molecule has 0 radical (unpaired) electrons. The van der Waals surface area contributed by atoms with Gasteiger partial charge in [0.15, 0.2) is 0 Å². The zero-order valence-electron chi connectivity index (χ0n) is 14.4. The highest BCUT2D eigenvalue weighted by atomic mass is 16.5. The molecular weight excluding hydrogens is 256 g/mol. The first-order chi connectivity index (χ1) is 9.70. The van der Waals surface area contributed by atoms with Gasteiger partial charge < -0.3 is 4.74 Å². The maximum absolute atomic E-state index is 6.00. The first-order valence-electron chi connectivity index (χ1n) is 7.49. The van der Waals surface area contributed by atoms with Crippen molar-refractivity contribution >= 4 is 0 Å². The lowest BCUT2D eigenvalue weighted by atomic mass is 10.1. The van der Waals surface area contributed by atoms with Gasteiger partial charge in [0, 0.05) is 0 Å². The van der Waals surface area contributed by atoms with Crippen LogP contribution in [0.5, 0.6) is 0 Å². The van der Waals surface area contributed by atoms with Crippen molar-refractivity contribution in [3.63, 3.8) is 0 Å². The summed E-state index contributed by atoms with van der Waals surface area (Å²) in [6.45, 7) is 20.3. The fraction of sp³-hybridized carbons (Fsp3) is 0.400. The Morgan fingerprint density at radius 1 is 0.762 bits per heavy atom.